The third-order valence-corrected chi connectivity index (χ3v) is 8.25. The lowest BCUT2D eigenvalue weighted by molar-refractivity contribution is 1.01. The first-order valence-electron chi connectivity index (χ1n) is 15.0. The van der Waals surface area contributed by atoms with Crippen molar-refractivity contribution in [1.29, 1.82) is 0 Å². The van der Waals surface area contributed by atoms with Crippen LogP contribution in [0.2, 0.25) is 0 Å². The molecule has 46 heavy (non-hydrogen) atoms. The Hall–Kier alpha value is -6.47. The molecule has 6 aromatic carbocycles. The van der Waals surface area contributed by atoms with Crippen molar-refractivity contribution in [1.82, 2.24) is 34.9 Å². The zero-order chi connectivity index (χ0) is 30.5. The van der Waals surface area contributed by atoms with Crippen molar-refractivity contribution >= 4 is 43.4 Å². The Labute approximate surface area is 263 Å². The van der Waals surface area contributed by atoms with Gasteiger partial charge >= 0.3 is 0 Å². The third-order valence-electron chi connectivity index (χ3n) is 8.25. The van der Waals surface area contributed by atoms with Crippen LogP contribution in [-0.4, -0.2) is 34.9 Å². The minimum absolute atomic E-state index is 0.347. The van der Waals surface area contributed by atoms with Gasteiger partial charge in [-0.25, -0.2) is 34.9 Å². The zero-order valence-electron chi connectivity index (χ0n) is 24.4. The Morgan fingerprint density at radius 1 is 0.304 bits per heavy atom. The Balaban J connectivity index is 1.28. The lowest BCUT2D eigenvalue weighted by atomic mass is 10.0. The molecule has 9 aromatic rings. The van der Waals surface area contributed by atoms with Gasteiger partial charge in [-0.3, -0.25) is 0 Å². The molecule has 3 aromatic heterocycles. The highest BCUT2D eigenvalue weighted by Crippen LogP contribution is 2.34. The summed E-state index contributed by atoms with van der Waals surface area (Å²) in [5, 5.41) is 6.18. The van der Waals surface area contributed by atoms with Crippen LogP contribution in [0.5, 0.6) is 0 Å². The number of rotatable bonds is 4. The molecule has 0 fully saturated rings. The summed E-state index contributed by atoms with van der Waals surface area (Å²) in [6.07, 6.45) is 1.48. The smallest absolute Gasteiger partial charge is 0.201 e. The van der Waals surface area contributed by atoms with Crippen molar-refractivity contribution < 1.29 is 0 Å². The molecule has 0 saturated heterocycles. The Bertz CT molecular complexity index is 2410. The van der Waals surface area contributed by atoms with E-state index in [-0.39, 0.29) is 0 Å². The van der Waals surface area contributed by atoms with Crippen LogP contribution in [0.4, 0.5) is 0 Å². The molecule has 0 aliphatic carbocycles. The fourth-order valence-corrected chi connectivity index (χ4v) is 6.07. The molecular weight excluding hydrogens is 566 g/mol. The minimum Gasteiger partial charge on any atom is -0.224 e. The molecule has 3 heterocycles. The molecule has 214 valence electrons. The van der Waals surface area contributed by atoms with E-state index in [0.717, 1.165) is 65.9 Å². The van der Waals surface area contributed by atoms with Gasteiger partial charge in [0.05, 0.1) is 22.4 Å². The molecule has 7 nitrogen and oxygen atoms in total. The van der Waals surface area contributed by atoms with E-state index < -0.39 is 0 Å². The van der Waals surface area contributed by atoms with Gasteiger partial charge in [0.2, 0.25) is 11.6 Å². The summed E-state index contributed by atoms with van der Waals surface area (Å²) in [4.78, 5) is 34.1. The highest BCUT2D eigenvalue weighted by atomic mass is 15.1. The topological polar surface area (TPSA) is 90.2 Å². The van der Waals surface area contributed by atoms with E-state index >= 15 is 0 Å². The Kier molecular flexibility index (Phi) is 5.99. The highest BCUT2D eigenvalue weighted by molar-refractivity contribution is 6.10. The predicted molar refractivity (Wildman–Crippen MR) is 183 cm³/mol. The van der Waals surface area contributed by atoms with Crippen LogP contribution in [0.1, 0.15) is 0 Å². The van der Waals surface area contributed by atoms with Gasteiger partial charge in [-0.1, -0.05) is 121 Å². The van der Waals surface area contributed by atoms with Gasteiger partial charge in [0.15, 0.2) is 11.6 Å². The summed E-state index contributed by atoms with van der Waals surface area (Å²) in [6, 6.07) is 45.1. The zero-order valence-corrected chi connectivity index (χ0v) is 24.4. The number of benzene rings is 6. The molecule has 0 aliphatic heterocycles. The van der Waals surface area contributed by atoms with E-state index in [1.165, 1.54) is 6.33 Å². The average Bonchev–Trinajstić information content (AvgIpc) is 3.14. The van der Waals surface area contributed by atoms with Gasteiger partial charge in [0, 0.05) is 32.7 Å². The Morgan fingerprint density at radius 2 is 0.739 bits per heavy atom. The summed E-state index contributed by atoms with van der Waals surface area (Å²) < 4.78 is 0. The molecule has 9 rings (SSSR count). The van der Waals surface area contributed by atoms with Crippen molar-refractivity contribution in [3.63, 3.8) is 0 Å². The van der Waals surface area contributed by atoms with Gasteiger partial charge in [-0.05, 0) is 22.9 Å². The van der Waals surface area contributed by atoms with E-state index in [4.69, 9.17) is 24.9 Å². The molecule has 0 bridgehead atoms. The fraction of sp³-hybridized carbons (Fsp3) is 0. The van der Waals surface area contributed by atoms with Crippen LogP contribution in [0.15, 0.2) is 140 Å². The monoisotopic (exact) mass is 589 g/mol. The molecule has 0 aliphatic rings. The van der Waals surface area contributed by atoms with Gasteiger partial charge in [0.1, 0.15) is 6.33 Å². The average molecular weight is 590 g/mol. The molecule has 0 radical (unpaired) electrons. The van der Waals surface area contributed by atoms with Crippen molar-refractivity contribution in [2.45, 2.75) is 0 Å². The van der Waals surface area contributed by atoms with Crippen LogP contribution < -0.4 is 0 Å². The molecule has 0 amide bonds. The first-order valence-corrected chi connectivity index (χ1v) is 15.0. The van der Waals surface area contributed by atoms with Crippen molar-refractivity contribution in [3.8, 4) is 45.8 Å². The molecule has 7 heteroatoms. The summed E-state index contributed by atoms with van der Waals surface area (Å²) in [6.45, 7) is 0. The van der Waals surface area contributed by atoms with Crippen molar-refractivity contribution in [2.75, 3.05) is 0 Å². The summed E-state index contributed by atoms with van der Waals surface area (Å²) in [5.41, 5.74) is 5.27. The van der Waals surface area contributed by atoms with E-state index in [0.29, 0.717) is 23.3 Å². The van der Waals surface area contributed by atoms with Gasteiger partial charge in [-0.2, -0.15) is 0 Å². The van der Waals surface area contributed by atoms with E-state index in [2.05, 4.69) is 82.8 Å². The maximum atomic E-state index is 5.05. The lowest BCUT2D eigenvalue weighted by Gasteiger charge is -2.12. The molecule has 0 atom stereocenters. The second-order valence-electron chi connectivity index (χ2n) is 11.0. The number of aromatic nitrogens is 7. The summed E-state index contributed by atoms with van der Waals surface area (Å²) in [5.74, 6) is 1.50. The van der Waals surface area contributed by atoms with Crippen LogP contribution in [0.25, 0.3) is 89.2 Å². The molecule has 0 spiro atoms. The number of hydrogen-bond donors (Lipinski definition) is 0. The van der Waals surface area contributed by atoms with Gasteiger partial charge in [0.25, 0.3) is 0 Å². The quantitative estimate of drug-likeness (QED) is 0.190. The van der Waals surface area contributed by atoms with E-state index in [9.17, 15) is 0 Å². The lowest BCUT2D eigenvalue weighted by Crippen LogP contribution is -2.03. The number of nitrogens with zero attached hydrogens (tertiary/aromatic N) is 7. The fourth-order valence-electron chi connectivity index (χ4n) is 6.07. The number of hydrogen-bond acceptors (Lipinski definition) is 7. The first kappa shape index (κ1) is 26.0. The molecule has 0 unspecified atom stereocenters. The predicted octanol–water partition coefficient (Wildman–Crippen LogP) is 8.73. The maximum absolute atomic E-state index is 5.05. The highest BCUT2D eigenvalue weighted by Gasteiger charge is 2.19. The van der Waals surface area contributed by atoms with Crippen molar-refractivity contribution in [2.24, 2.45) is 0 Å². The minimum atomic E-state index is 0.347. The second kappa shape index (κ2) is 10.6. The third kappa shape index (κ3) is 4.33. The van der Waals surface area contributed by atoms with Crippen LogP contribution >= 0.6 is 0 Å². The standard InChI is InChI=1S/C39H23N7/c1-3-13-26(14-4-1)32-30-21-19-24-11-7-9-17-28(24)34(30)44-38(42-32)36-40-23-41-37(46-36)39-43-33(27-15-5-2-6-16-27)31-22-20-25-12-8-10-18-29(25)35(31)45-39/h1-23H. The van der Waals surface area contributed by atoms with E-state index in [1.54, 1.807) is 0 Å². The first-order chi connectivity index (χ1) is 22.8. The largest absolute Gasteiger partial charge is 0.224 e. The van der Waals surface area contributed by atoms with Crippen LogP contribution in [0.3, 0.4) is 0 Å². The van der Waals surface area contributed by atoms with E-state index in [1.807, 2.05) is 60.7 Å². The molecule has 0 N–H and O–H groups in total. The maximum Gasteiger partial charge on any atom is 0.201 e. The van der Waals surface area contributed by atoms with Crippen LogP contribution in [0, 0.1) is 0 Å². The normalized spacial score (nSPS) is 11.5. The van der Waals surface area contributed by atoms with Gasteiger partial charge < -0.3 is 0 Å². The Morgan fingerprint density at radius 3 is 1.22 bits per heavy atom. The number of fused-ring (bicyclic) bond motifs is 6. The summed E-state index contributed by atoms with van der Waals surface area (Å²) in [7, 11) is 0. The van der Waals surface area contributed by atoms with Crippen molar-refractivity contribution in [3.05, 3.63) is 140 Å². The summed E-state index contributed by atoms with van der Waals surface area (Å²) >= 11 is 0. The van der Waals surface area contributed by atoms with Gasteiger partial charge in [-0.15, -0.1) is 0 Å². The second-order valence-corrected chi connectivity index (χ2v) is 11.0. The molecule has 0 saturated carbocycles. The SMILES string of the molecule is c1ccc(-c2nc(-c3ncnc(-c4nc(-c5ccccc5)c5ccc6ccccc6c5n4)n3)nc3c2ccc2ccccc23)cc1. The van der Waals surface area contributed by atoms with Crippen LogP contribution in [-0.2, 0) is 0 Å². The molecular formula is C39H23N7.